The number of benzene rings is 1. The number of carbonyl (C=O) groups excluding carboxylic acids is 3. The fraction of sp³-hybridized carbons (Fsp3) is 0.583. The number of halogens is 1. The van der Waals surface area contributed by atoms with E-state index in [9.17, 15) is 37.1 Å². The van der Waals surface area contributed by atoms with Gasteiger partial charge in [0.1, 0.15) is 46.6 Å². The third-order valence-corrected chi connectivity index (χ3v) is 12.9. The van der Waals surface area contributed by atoms with Crippen LogP contribution in [-0.2, 0) is 24.4 Å². The predicted octanol–water partition coefficient (Wildman–Crippen LogP) is 3.45. The van der Waals surface area contributed by atoms with Gasteiger partial charge < -0.3 is 30.1 Å². The van der Waals surface area contributed by atoms with Gasteiger partial charge in [-0.15, -0.1) is 0 Å². The largest absolute Gasteiger partial charge is 0.494 e. The molecular weight excluding hydrogens is 697 g/mol. The lowest BCUT2D eigenvalue weighted by atomic mass is 9.88. The van der Waals surface area contributed by atoms with Crippen LogP contribution in [0.1, 0.15) is 65.7 Å². The Hall–Kier alpha value is -4.47. The molecule has 2 aromatic rings. The Balaban J connectivity index is 1.31. The topological polar surface area (TPSA) is 193 Å². The fourth-order valence-electron chi connectivity index (χ4n) is 7.49. The number of amides is 4. The van der Waals surface area contributed by atoms with Crippen molar-refractivity contribution in [2.24, 2.45) is 17.8 Å². The van der Waals surface area contributed by atoms with Crippen molar-refractivity contribution in [1.82, 2.24) is 25.2 Å². The van der Waals surface area contributed by atoms with E-state index in [2.05, 4.69) is 20.3 Å². The Morgan fingerprint density at radius 2 is 1.90 bits per heavy atom. The molecule has 3 fully saturated rings. The van der Waals surface area contributed by atoms with Gasteiger partial charge in [0.05, 0.1) is 24.9 Å². The van der Waals surface area contributed by atoms with Crippen LogP contribution >= 0.6 is 0 Å². The summed E-state index contributed by atoms with van der Waals surface area (Å²) in [5, 5.41) is 15.6. The molecule has 6 rings (SSSR count). The third kappa shape index (κ3) is 7.53. The van der Waals surface area contributed by atoms with Gasteiger partial charge in [-0.1, -0.05) is 26.0 Å². The van der Waals surface area contributed by atoms with Gasteiger partial charge in [-0.05, 0) is 81.5 Å². The zero-order valence-electron chi connectivity index (χ0n) is 29.5. The number of pyridine rings is 1. The average Bonchev–Trinajstić information content (AvgIpc) is 4.00. The maximum atomic E-state index is 14.3. The van der Waals surface area contributed by atoms with Crippen molar-refractivity contribution in [3.8, 4) is 11.5 Å². The molecule has 0 unspecified atom stereocenters. The van der Waals surface area contributed by atoms with Gasteiger partial charge in [-0.25, -0.2) is 17.6 Å². The number of allylic oxidation sites excluding steroid dienone is 1. The second-order valence-electron chi connectivity index (χ2n) is 14.7. The minimum atomic E-state index is -4.38. The summed E-state index contributed by atoms with van der Waals surface area (Å²) in [6.07, 6.45) is 5.15. The van der Waals surface area contributed by atoms with Crippen molar-refractivity contribution in [2.75, 3.05) is 19.8 Å². The van der Waals surface area contributed by atoms with Crippen LogP contribution in [0.25, 0.3) is 10.9 Å². The van der Waals surface area contributed by atoms with Gasteiger partial charge in [0.25, 0.3) is 5.91 Å². The lowest BCUT2D eigenvalue weighted by Gasteiger charge is -2.32. The van der Waals surface area contributed by atoms with Crippen molar-refractivity contribution in [3.05, 3.63) is 42.6 Å². The number of rotatable bonds is 9. The summed E-state index contributed by atoms with van der Waals surface area (Å²) in [5.74, 6) is -2.17. The SMILES string of the molecule is CCOc1ccc2ncc(O[C@@H]3C[C@H]4C(=O)N[C@]5(C(=O)NS(=O)(=O)C6(CF)CC6)C[C@H]5/C=C\CC[C@@H](C)C[C@@H](C)[C@H](NC(=O)O)C(=O)N4C3)cc2c1. The van der Waals surface area contributed by atoms with E-state index in [1.807, 2.05) is 38.1 Å². The molecule has 1 aromatic carbocycles. The fourth-order valence-corrected chi connectivity index (χ4v) is 8.91. The minimum Gasteiger partial charge on any atom is -0.494 e. The molecule has 14 nitrogen and oxygen atoms in total. The van der Waals surface area contributed by atoms with E-state index >= 15 is 0 Å². The van der Waals surface area contributed by atoms with Crippen LogP contribution in [0.15, 0.2) is 42.6 Å². The van der Waals surface area contributed by atoms with E-state index in [0.717, 1.165) is 5.39 Å². The lowest BCUT2D eigenvalue weighted by Crippen LogP contribution is -2.59. The summed E-state index contributed by atoms with van der Waals surface area (Å²) in [5.41, 5.74) is -0.952. The van der Waals surface area contributed by atoms with Crippen molar-refractivity contribution < 1.29 is 46.6 Å². The molecule has 0 radical (unpaired) electrons. The average molecular weight is 744 g/mol. The van der Waals surface area contributed by atoms with Gasteiger partial charge >= 0.3 is 6.09 Å². The van der Waals surface area contributed by atoms with Crippen LogP contribution in [0.2, 0.25) is 0 Å². The molecule has 282 valence electrons. The van der Waals surface area contributed by atoms with Gasteiger partial charge in [0.15, 0.2) is 0 Å². The van der Waals surface area contributed by atoms with Crippen LogP contribution < -0.4 is 24.8 Å². The maximum absolute atomic E-state index is 14.3. The van der Waals surface area contributed by atoms with Crippen LogP contribution in [-0.4, -0.2) is 95.5 Å². The van der Waals surface area contributed by atoms with Gasteiger partial charge in [0, 0.05) is 17.7 Å². The second kappa shape index (κ2) is 14.5. The first-order valence-electron chi connectivity index (χ1n) is 17.8. The van der Waals surface area contributed by atoms with Crippen LogP contribution in [0, 0.1) is 17.8 Å². The Bertz CT molecular complexity index is 1870. The second-order valence-corrected chi connectivity index (χ2v) is 16.8. The molecule has 2 saturated carbocycles. The first-order valence-corrected chi connectivity index (χ1v) is 19.3. The Labute approximate surface area is 301 Å². The summed E-state index contributed by atoms with van der Waals surface area (Å²) >= 11 is 0. The minimum absolute atomic E-state index is 0.0133. The number of fused-ring (bicyclic) bond motifs is 3. The van der Waals surface area contributed by atoms with Crippen molar-refractivity contribution in [2.45, 2.75) is 94.2 Å². The number of hydrogen-bond acceptors (Lipinski definition) is 9. The summed E-state index contributed by atoms with van der Waals surface area (Å²) in [6.45, 7) is 4.93. The summed E-state index contributed by atoms with van der Waals surface area (Å²) in [4.78, 5) is 60.0. The monoisotopic (exact) mass is 743 g/mol. The molecule has 4 N–H and O–H groups in total. The number of alkyl halides is 1. The smallest absolute Gasteiger partial charge is 0.405 e. The van der Waals surface area contributed by atoms with Gasteiger partial charge in [-0.3, -0.25) is 24.1 Å². The third-order valence-electron chi connectivity index (χ3n) is 10.8. The molecule has 1 aromatic heterocycles. The van der Waals surface area contributed by atoms with Crippen molar-refractivity contribution in [1.29, 1.82) is 0 Å². The zero-order valence-corrected chi connectivity index (χ0v) is 30.3. The summed E-state index contributed by atoms with van der Waals surface area (Å²) in [6, 6.07) is 4.84. The highest BCUT2D eigenvalue weighted by Gasteiger charge is 2.64. The number of nitrogens with one attached hydrogen (secondary N) is 3. The van der Waals surface area contributed by atoms with Gasteiger partial charge in [0.2, 0.25) is 21.8 Å². The molecule has 1 saturated heterocycles. The van der Waals surface area contributed by atoms with E-state index in [-0.39, 0.29) is 38.1 Å². The maximum Gasteiger partial charge on any atom is 0.405 e. The van der Waals surface area contributed by atoms with Crippen LogP contribution in [0.5, 0.6) is 11.5 Å². The number of hydrogen-bond donors (Lipinski definition) is 4. The number of ether oxygens (including phenoxy) is 2. The molecule has 0 spiro atoms. The predicted molar refractivity (Wildman–Crippen MR) is 188 cm³/mol. The van der Waals surface area contributed by atoms with Crippen molar-refractivity contribution >= 4 is 44.7 Å². The Morgan fingerprint density at radius 1 is 1.15 bits per heavy atom. The Kier molecular flexibility index (Phi) is 10.4. The molecule has 2 aliphatic heterocycles. The Morgan fingerprint density at radius 3 is 2.60 bits per heavy atom. The molecule has 3 heterocycles. The van der Waals surface area contributed by atoms with Crippen LogP contribution in [0.4, 0.5) is 9.18 Å². The molecule has 4 aliphatic rings. The number of aromatic nitrogens is 1. The first kappa shape index (κ1) is 37.3. The normalized spacial score (nSPS) is 30.8. The van der Waals surface area contributed by atoms with Crippen molar-refractivity contribution in [3.63, 3.8) is 0 Å². The zero-order chi connectivity index (χ0) is 37.4. The van der Waals surface area contributed by atoms with Gasteiger partial charge in [-0.2, -0.15) is 0 Å². The number of sulfonamides is 1. The highest BCUT2D eigenvalue weighted by molar-refractivity contribution is 7.91. The number of nitrogens with zero attached hydrogens (tertiary/aromatic N) is 2. The summed E-state index contributed by atoms with van der Waals surface area (Å²) < 4.78 is 52.2. The highest BCUT2D eigenvalue weighted by atomic mass is 32.2. The highest BCUT2D eigenvalue weighted by Crippen LogP contribution is 2.48. The molecule has 2 aliphatic carbocycles. The molecular formula is C36H46FN5O9S. The quantitative estimate of drug-likeness (QED) is 0.277. The standard InChI is InChI=1S/C36H46FN5O9S/c1-4-50-25-9-10-28-23(14-25)15-26(18-38-28)51-27-16-29-31(43)40-36(33(45)41-52(48,49)35(20-37)11-12-35)17-24(36)8-6-5-7-21(2)13-22(3)30(39-34(46)47)32(44)42(29)19-27/h6,8-10,14-15,18,21-22,24,27,29-30,39H,4-5,7,11-13,16-17,19-20H2,1-3H3,(H,40,43)(H,41,45)(H,46,47)/b8-6-/t21-,22-,24-,27-,29+,30+,36-/m1/s1. The molecule has 52 heavy (non-hydrogen) atoms. The van der Waals surface area contributed by atoms with E-state index in [0.29, 0.717) is 42.9 Å². The van der Waals surface area contributed by atoms with E-state index in [4.69, 9.17) is 9.47 Å². The summed E-state index contributed by atoms with van der Waals surface area (Å²) in [7, 11) is -4.38. The number of carboxylic acid groups (broad SMARTS) is 1. The lowest BCUT2D eigenvalue weighted by molar-refractivity contribution is -0.142. The molecule has 16 heteroatoms. The number of carbonyl (C=O) groups is 4. The molecule has 7 atom stereocenters. The van der Waals surface area contributed by atoms with E-state index in [1.54, 1.807) is 19.1 Å². The van der Waals surface area contributed by atoms with Crippen LogP contribution in [0.3, 0.4) is 0 Å². The van der Waals surface area contributed by atoms with E-state index in [1.165, 1.54) is 11.1 Å². The molecule has 4 amide bonds. The van der Waals surface area contributed by atoms with E-state index < -0.39 is 80.8 Å². The molecule has 0 bridgehead atoms. The first-order chi connectivity index (χ1) is 24.7.